The minimum Gasteiger partial charge on any atom is -0.466 e. The second-order valence-corrected chi connectivity index (χ2v) is 9.08. The molecule has 160 valence electrons. The molecule has 9 nitrogen and oxygen atoms in total. The summed E-state index contributed by atoms with van der Waals surface area (Å²) in [7, 11) is -0.855. The number of nitrogens with zero attached hydrogens (tertiary/aromatic N) is 2. The molecule has 2 amide bonds. The minimum absolute atomic E-state index is 0.00483. The first-order chi connectivity index (χ1) is 13.7. The molecule has 1 saturated heterocycles. The highest BCUT2D eigenvalue weighted by Crippen LogP contribution is 2.18. The Morgan fingerprint density at radius 2 is 2.00 bits per heavy atom. The van der Waals surface area contributed by atoms with E-state index < -0.39 is 15.9 Å². The predicted molar refractivity (Wildman–Crippen MR) is 106 cm³/mol. The Morgan fingerprint density at radius 3 is 2.66 bits per heavy atom. The van der Waals surface area contributed by atoms with Gasteiger partial charge in [0.15, 0.2) is 0 Å². The number of nitrogens with one attached hydrogen (secondary N) is 1. The molecular weight excluding hydrogens is 398 g/mol. The maximum Gasteiger partial charge on any atom is 0.310 e. The largest absolute Gasteiger partial charge is 0.466 e. The van der Waals surface area contributed by atoms with Crippen molar-refractivity contribution in [3.8, 4) is 0 Å². The quantitative estimate of drug-likeness (QED) is 0.636. The summed E-state index contributed by atoms with van der Waals surface area (Å²) >= 11 is 0. The summed E-state index contributed by atoms with van der Waals surface area (Å²) in [4.78, 5) is 38.2. The summed E-state index contributed by atoms with van der Waals surface area (Å²) < 4.78 is 30.5. The molecule has 1 N–H and O–H groups in total. The Labute approximate surface area is 171 Å². The fourth-order valence-corrected chi connectivity index (χ4v) is 3.98. The van der Waals surface area contributed by atoms with Crippen LogP contribution in [0.5, 0.6) is 0 Å². The number of benzene rings is 1. The van der Waals surface area contributed by atoms with E-state index in [1.807, 2.05) is 0 Å². The number of carbonyl (C=O) groups is 3. The number of esters is 1. The zero-order chi connectivity index (χ0) is 21.6. The van der Waals surface area contributed by atoms with Gasteiger partial charge in [-0.1, -0.05) is 6.07 Å². The number of amides is 2. The SMILES string of the molecule is CCOC(=O)C1CCCN(C(=O)CNC(=O)c2cccc(S(=O)(=O)N(C)C)c2)C1. The van der Waals surface area contributed by atoms with E-state index in [0.29, 0.717) is 26.0 Å². The van der Waals surface area contributed by atoms with Crippen molar-refractivity contribution < 1.29 is 27.5 Å². The molecule has 1 aromatic rings. The average Bonchev–Trinajstić information content (AvgIpc) is 2.72. The van der Waals surface area contributed by atoms with Gasteiger partial charge in [-0.3, -0.25) is 14.4 Å². The highest BCUT2D eigenvalue weighted by molar-refractivity contribution is 7.89. The first-order valence-electron chi connectivity index (χ1n) is 9.42. The molecule has 2 rings (SSSR count). The molecular formula is C19H27N3O6S. The van der Waals surface area contributed by atoms with Gasteiger partial charge in [0.1, 0.15) is 0 Å². The van der Waals surface area contributed by atoms with Crippen molar-refractivity contribution in [2.45, 2.75) is 24.7 Å². The second kappa shape index (κ2) is 9.84. The molecule has 0 bridgehead atoms. The summed E-state index contributed by atoms with van der Waals surface area (Å²) in [6.07, 6.45) is 1.36. The third kappa shape index (κ3) is 5.77. The summed E-state index contributed by atoms with van der Waals surface area (Å²) in [6.45, 7) is 2.57. The molecule has 1 unspecified atom stereocenters. The van der Waals surface area contributed by atoms with E-state index in [9.17, 15) is 22.8 Å². The van der Waals surface area contributed by atoms with Crippen LogP contribution in [0.1, 0.15) is 30.1 Å². The maximum absolute atomic E-state index is 12.4. The van der Waals surface area contributed by atoms with Gasteiger partial charge in [-0.05, 0) is 38.0 Å². The van der Waals surface area contributed by atoms with Gasteiger partial charge in [-0.25, -0.2) is 12.7 Å². The number of sulfonamides is 1. The molecule has 0 spiro atoms. The summed E-state index contributed by atoms with van der Waals surface area (Å²) in [6, 6.07) is 5.63. The third-order valence-corrected chi connectivity index (χ3v) is 6.48. The Morgan fingerprint density at radius 1 is 1.28 bits per heavy atom. The Bertz CT molecular complexity index is 868. The van der Waals surface area contributed by atoms with Gasteiger partial charge in [-0.15, -0.1) is 0 Å². The molecule has 0 aromatic heterocycles. The van der Waals surface area contributed by atoms with Crippen LogP contribution in [0.4, 0.5) is 0 Å². The number of piperidine rings is 1. The number of carbonyl (C=O) groups excluding carboxylic acids is 3. The average molecular weight is 426 g/mol. The van der Waals surface area contributed by atoms with Crippen LogP contribution in [-0.2, 0) is 24.3 Å². The topological polar surface area (TPSA) is 113 Å². The van der Waals surface area contributed by atoms with E-state index in [2.05, 4.69) is 5.32 Å². The zero-order valence-corrected chi connectivity index (χ0v) is 17.7. The molecule has 0 aliphatic carbocycles. The van der Waals surface area contributed by atoms with Gasteiger partial charge < -0.3 is 15.0 Å². The lowest BCUT2D eigenvalue weighted by Crippen LogP contribution is -2.46. The van der Waals surface area contributed by atoms with Gasteiger partial charge in [0.2, 0.25) is 15.9 Å². The standard InChI is InChI=1S/C19H27N3O6S/c1-4-28-19(25)15-8-6-10-22(13-15)17(23)12-20-18(24)14-7-5-9-16(11-14)29(26,27)21(2)3/h5,7,9,11,15H,4,6,8,10,12-13H2,1-3H3,(H,20,24). The molecule has 1 atom stereocenters. The lowest BCUT2D eigenvalue weighted by Gasteiger charge is -2.31. The number of likely N-dealkylation sites (tertiary alicyclic amines) is 1. The Kier molecular flexibility index (Phi) is 7.74. The normalized spacial score (nSPS) is 17.1. The van der Waals surface area contributed by atoms with Crippen LogP contribution < -0.4 is 5.32 Å². The van der Waals surface area contributed by atoms with E-state index >= 15 is 0 Å². The molecule has 29 heavy (non-hydrogen) atoms. The Balaban J connectivity index is 1.97. The van der Waals surface area contributed by atoms with Crippen LogP contribution in [0.2, 0.25) is 0 Å². The van der Waals surface area contributed by atoms with Crippen molar-refractivity contribution in [2.24, 2.45) is 5.92 Å². The monoisotopic (exact) mass is 425 g/mol. The number of hydrogen-bond acceptors (Lipinski definition) is 6. The molecule has 1 fully saturated rings. The van der Waals surface area contributed by atoms with E-state index in [1.54, 1.807) is 6.92 Å². The minimum atomic E-state index is -3.67. The van der Waals surface area contributed by atoms with Crippen molar-refractivity contribution in [1.29, 1.82) is 0 Å². The van der Waals surface area contributed by atoms with Gasteiger partial charge in [0.05, 0.1) is 24.0 Å². The van der Waals surface area contributed by atoms with Gasteiger partial charge in [-0.2, -0.15) is 0 Å². The van der Waals surface area contributed by atoms with Crippen molar-refractivity contribution in [2.75, 3.05) is 40.3 Å². The Hall–Kier alpha value is -2.46. The zero-order valence-electron chi connectivity index (χ0n) is 16.9. The van der Waals surface area contributed by atoms with Crippen LogP contribution in [0, 0.1) is 5.92 Å². The number of rotatable bonds is 7. The van der Waals surface area contributed by atoms with Crippen LogP contribution in [0.15, 0.2) is 29.2 Å². The smallest absolute Gasteiger partial charge is 0.310 e. The van der Waals surface area contributed by atoms with Gasteiger partial charge >= 0.3 is 5.97 Å². The van der Waals surface area contributed by atoms with Crippen LogP contribution in [0.25, 0.3) is 0 Å². The number of ether oxygens (including phenoxy) is 1. The van der Waals surface area contributed by atoms with Crippen molar-refractivity contribution in [1.82, 2.24) is 14.5 Å². The lowest BCUT2D eigenvalue weighted by molar-refractivity contribution is -0.151. The molecule has 1 heterocycles. The van der Waals surface area contributed by atoms with Crippen LogP contribution in [0.3, 0.4) is 0 Å². The first kappa shape index (κ1) is 22.8. The lowest BCUT2D eigenvalue weighted by atomic mass is 9.98. The van der Waals surface area contributed by atoms with E-state index in [-0.39, 0.29) is 41.3 Å². The van der Waals surface area contributed by atoms with E-state index in [0.717, 1.165) is 4.31 Å². The van der Waals surface area contributed by atoms with Crippen LogP contribution in [-0.4, -0.2) is 75.7 Å². The fraction of sp³-hybridized carbons (Fsp3) is 0.526. The van der Waals surface area contributed by atoms with E-state index in [1.165, 1.54) is 43.3 Å². The van der Waals surface area contributed by atoms with Gasteiger partial charge in [0.25, 0.3) is 5.91 Å². The van der Waals surface area contributed by atoms with E-state index in [4.69, 9.17) is 4.74 Å². The fourth-order valence-electron chi connectivity index (χ4n) is 3.03. The first-order valence-corrected chi connectivity index (χ1v) is 10.9. The number of hydrogen-bond donors (Lipinski definition) is 1. The summed E-state index contributed by atoms with van der Waals surface area (Å²) in [5, 5.41) is 2.52. The van der Waals surface area contributed by atoms with Crippen LogP contribution >= 0.6 is 0 Å². The predicted octanol–water partition coefficient (Wildman–Crippen LogP) is 0.468. The highest BCUT2D eigenvalue weighted by Gasteiger charge is 2.29. The molecule has 0 saturated carbocycles. The van der Waals surface area contributed by atoms with Crippen molar-refractivity contribution in [3.05, 3.63) is 29.8 Å². The summed E-state index contributed by atoms with van der Waals surface area (Å²) in [5.74, 6) is -1.51. The maximum atomic E-state index is 12.4. The summed E-state index contributed by atoms with van der Waals surface area (Å²) in [5.41, 5.74) is 0.142. The molecule has 0 radical (unpaired) electrons. The van der Waals surface area contributed by atoms with Crippen molar-refractivity contribution in [3.63, 3.8) is 0 Å². The van der Waals surface area contributed by atoms with Gasteiger partial charge in [0, 0.05) is 32.7 Å². The third-order valence-electron chi connectivity index (χ3n) is 4.67. The molecule has 1 aliphatic heterocycles. The molecule has 1 aliphatic rings. The second-order valence-electron chi connectivity index (χ2n) is 6.93. The van der Waals surface area contributed by atoms with Crippen molar-refractivity contribution >= 4 is 27.8 Å². The highest BCUT2D eigenvalue weighted by atomic mass is 32.2. The molecule has 1 aromatic carbocycles. The molecule has 10 heteroatoms.